The van der Waals surface area contributed by atoms with E-state index in [0.717, 1.165) is 36.4 Å². The Hall–Kier alpha value is -3.58. The summed E-state index contributed by atoms with van der Waals surface area (Å²) in [5, 5.41) is 2.39. The quantitative estimate of drug-likeness (QED) is 0.295. The predicted octanol–water partition coefficient (Wildman–Crippen LogP) is 5.88. The second kappa shape index (κ2) is 13.5. The minimum Gasteiger partial charge on any atom is -0.445 e. The van der Waals surface area contributed by atoms with Crippen LogP contribution in [0.1, 0.15) is 95.7 Å². The van der Waals surface area contributed by atoms with Crippen LogP contribution in [0.15, 0.2) is 46.2 Å². The molecule has 4 aliphatic rings. The molecule has 0 unspecified atom stereocenters. The van der Waals surface area contributed by atoms with Gasteiger partial charge in [0.2, 0.25) is 21.8 Å². The van der Waals surface area contributed by atoms with Crippen LogP contribution in [0.2, 0.25) is 0 Å². The van der Waals surface area contributed by atoms with Gasteiger partial charge in [-0.2, -0.15) is 4.98 Å². The van der Waals surface area contributed by atoms with Crippen molar-refractivity contribution in [3.8, 4) is 6.08 Å². The number of carbonyl (C=O) groups is 3. The number of hydrogen-bond donors (Lipinski definition) is 1. The van der Waals surface area contributed by atoms with Crippen molar-refractivity contribution in [2.24, 2.45) is 17.3 Å². The molecule has 50 heavy (non-hydrogen) atoms. The third-order valence-corrected chi connectivity index (χ3v) is 13.3. The van der Waals surface area contributed by atoms with Crippen LogP contribution >= 0.6 is 11.3 Å². The van der Waals surface area contributed by atoms with Crippen LogP contribution in [0.5, 0.6) is 6.08 Å². The van der Waals surface area contributed by atoms with E-state index in [1.807, 2.05) is 24.3 Å². The monoisotopic (exact) mass is 722 g/mol. The van der Waals surface area contributed by atoms with Gasteiger partial charge in [-0.3, -0.25) is 19.1 Å². The molecule has 3 aromatic rings. The maximum Gasteiger partial charge on any atom is 0.394 e. The lowest BCUT2D eigenvalue weighted by Crippen LogP contribution is -2.46. The molecule has 268 valence electrons. The Morgan fingerprint density at radius 3 is 2.66 bits per heavy atom. The molecular formula is C37H46N4O7S2. The van der Waals surface area contributed by atoms with Crippen LogP contribution in [0.25, 0.3) is 11.1 Å². The van der Waals surface area contributed by atoms with Gasteiger partial charge >= 0.3 is 6.08 Å². The summed E-state index contributed by atoms with van der Waals surface area (Å²) in [6, 6.07) is 6.47. The lowest BCUT2D eigenvalue weighted by molar-refractivity contribution is -0.142. The Morgan fingerprint density at radius 1 is 1.12 bits per heavy atom. The number of nitrogens with one attached hydrogen (secondary N) is 1. The van der Waals surface area contributed by atoms with Crippen molar-refractivity contribution >= 4 is 50.1 Å². The van der Waals surface area contributed by atoms with Gasteiger partial charge in [-0.25, -0.2) is 13.4 Å². The number of para-hydroxylation sites is 2. The number of rotatable bonds is 7. The SMILES string of the molecule is CC(C)(C)c1csc(C[C@H]2CCCCC/C=C\[C@@H]3C[C@@]3(C(=O)NS(=O)(=O)C3CC3)CC(=O)[C@@H]3C[C@@H](Oc4nc5ccccc5o4)CN3C2=O)n1. The zero-order valence-corrected chi connectivity index (χ0v) is 30.6. The van der Waals surface area contributed by atoms with Crippen molar-refractivity contribution in [1.82, 2.24) is 19.6 Å². The molecule has 5 atom stereocenters. The van der Waals surface area contributed by atoms with Crippen molar-refractivity contribution in [3.63, 3.8) is 0 Å². The molecule has 13 heteroatoms. The number of amides is 2. The third kappa shape index (κ3) is 7.39. The van der Waals surface area contributed by atoms with Crippen LogP contribution < -0.4 is 9.46 Å². The molecule has 3 fully saturated rings. The van der Waals surface area contributed by atoms with Gasteiger partial charge in [0, 0.05) is 36.0 Å². The number of nitrogens with zero attached hydrogens (tertiary/aromatic N) is 3. The highest BCUT2D eigenvalue weighted by Gasteiger charge is 2.61. The number of aromatic nitrogens is 2. The van der Waals surface area contributed by atoms with Crippen molar-refractivity contribution in [3.05, 3.63) is 52.5 Å². The molecular weight excluding hydrogens is 677 g/mol. The highest BCUT2D eigenvalue weighted by Crippen LogP contribution is 2.57. The fourth-order valence-corrected chi connectivity index (χ4v) is 9.81. The average molecular weight is 723 g/mol. The van der Waals surface area contributed by atoms with Gasteiger partial charge in [-0.1, -0.05) is 57.9 Å². The van der Waals surface area contributed by atoms with E-state index in [9.17, 15) is 22.8 Å². The summed E-state index contributed by atoms with van der Waals surface area (Å²) in [4.78, 5) is 53.7. The van der Waals surface area contributed by atoms with Gasteiger partial charge in [-0.15, -0.1) is 11.3 Å². The summed E-state index contributed by atoms with van der Waals surface area (Å²) < 4.78 is 40.0. The maximum atomic E-state index is 14.6. The summed E-state index contributed by atoms with van der Waals surface area (Å²) >= 11 is 1.56. The van der Waals surface area contributed by atoms with Crippen molar-refractivity contribution in [2.45, 2.75) is 114 Å². The Kier molecular flexibility index (Phi) is 9.42. The number of ether oxygens (including phenoxy) is 1. The summed E-state index contributed by atoms with van der Waals surface area (Å²) in [7, 11) is -3.80. The van der Waals surface area contributed by atoms with E-state index >= 15 is 0 Å². The average Bonchev–Trinajstić information content (AvgIpc) is 3.86. The minimum atomic E-state index is -3.80. The highest BCUT2D eigenvalue weighted by molar-refractivity contribution is 7.90. The van der Waals surface area contributed by atoms with Crippen LogP contribution in [0, 0.1) is 17.3 Å². The van der Waals surface area contributed by atoms with E-state index in [0.29, 0.717) is 43.2 Å². The number of hydrogen-bond acceptors (Lipinski definition) is 10. The number of thiazole rings is 1. The first-order valence-electron chi connectivity index (χ1n) is 17.9. The zero-order valence-electron chi connectivity index (χ0n) is 28.9. The molecule has 2 saturated carbocycles. The fourth-order valence-electron chi connectivity index (χ4n) is 7.32. The summed E-state index contributed by atoms with van der Waals surface area (Å²) in [6.07, 6.45) is 9.67. The van der Waals surface area contributed by atoms with Gasteiger partial charge in [0.05, 0.1) is 34.0 Å². The molecule has 2 aliphatic heterocycles. The van der Waals surface area contributed by atoms with E-state index in [2.05, 4.69) is 41.9 Å². The summed E-state index contributed by atoms with van der Waals surface area (Å²) in [5.41, 5.74) is 0.913. The number of carbonyl (C=O) groups excluding carboxylic acids is 3. The summed E-state index contributed by atoms with van der Waals surface area (Å²) in [6.45, 7) is 6.51. The molecule has 2 aliphatic carbocycles. The standard InChI is InChI=1S/C37H46N4O7S2/c1-36(2,3)31-22-49-32(39-31)17-23-11-7-5-4-6-8-12-24-19-37(24,34(44)40-50(45,46)26-15-16-26)20-29(42)28-18-25(21-41(28)33(23)43)47-35-38-27-13-9-10-14-30(27)48-35/h8-10,12-14,22-26,28H,4-7,11,15-21H2,1-3H3,(H,40,44)/b12-8-/t23-,24-,25-,28+,37-/m1/s1. The van der Waals surface area contributed by atoms with E-state index in [4.69, 9.17) is 14.1 Å². The number of sulfonamides is 1. The normalized spacial score (nSPS) is 28.7. The largest absolute Gasteiger partial charge is 0.445 e. The molecule has 1 N–H and O–H groups in total. The molecule has 4 heterocycles. The number of fused-ring (bicyclic) bond motifs is 3. The Balaban J connectivity index is 1.18. The fraction of sp³-hybridized carbons (Fsp3) is 0.595. The van der Waals surface area contributed by atoms with Crippen LogP contribution in [-0.2, 0) is 36.2 Å². The van der Waals surface area contributed by atoms with Crippen LogP contribution in [-0.4, -0.2) is 64.8 Å². The van der Waals surface area contributed by atoms with E-state index in [1.54, 1.807) is 22.3 Å². The molecule has 1 saturated heterocycles. The lowest BCUT2D eigenvalue weighted by Gasteiger charge is -2.29. The second-order valence-electron chi connectivity index (χ2n) is 15.6. The third-order valence-electron chi connectivity index (χ3n) is 10.6. The van der Waals surface area contributed by atoms with Gasteiger partial charge in [-0.05, 0) is 56.6 Å². The molecule has 2 aromatic heterocycles. The van der Waals surface area contributed by atoms with Crippen LogP contribution in [0.4, 0.5) is 0 Å². The maximum absolute atomic E-state index is 14.6. The predicted molar refractivity (Wildman–Crippen MR) is 189 cm³/mol. The Bertz CT molecular complexity index is 1870. The molecule has 0 radical (unpaired) electrons. The lowest BCUT2D eigenvalue weighted by atomic mass is 9.90. The first kappa shape index (κ1) is 34.9. The molecule has 11 nitrogen and oxygen atoms in total. The van der Waals surface area contributed by atoms with Crippen molar-refractivity contribution < 1.29 is 32.0 Å². The van der Waals surface area contributed by atoms with Gasteiger partial charge in [0.1, 0.15) is 11.6 Å². The molecule has 0 spiro atoms. The smallest absolute Gasteiger partial charge is 0.394 e. The van der Waals surface area contributed by atoms with Gasteiger partial charge in [0.15, 0.2) is 11.4 Å². The highest BCUT2D eigenvalue weighted by atomic mass is 32.2. The van der Waals surface area contributed by atoms with Gasteiger partial charge < -0.3 is 14.1 Å². The zero-order chi connectivity index (χ0) is 35.3. The molecule has 0 bridgehead atoms. The molecule has 1 aromatic carbocycles. The van der Waals surface area contributed by atoms with E-state index < -0.39 is 38.7 Å². The molecule has 2 amide bonds. The number of ketones is 1. The number of allylic oxidation sites excluding steroid dienone is 2. The number of benzene rings is 1. The first-order chi connectivity index (χ1) is 23.8. The van der Waals surface area contributed by atoms with Gasteiger partial charge in [0.25, 0.3) is 0 Å². The topological polar surface area (TPSA) is 149 Å². The van der Waals surface area contributed by atoms with Crippen LogP contribution in [0.3, 0.4) is 0 Å². The number of oxazole rings is 1. The molecule has 7 rings (SSSR count). The van der Waals surface area contributed by atoms with E-state index in [-0.39, 0.29) is 54.4 Å². The summed E-state index contributed by atoms with van der Waals surface area (Å²) in [5.74, 6) is -1.66. The number of Topliss-reactive ketones (excluding diaryl/α,β-unsaturated/α-hetero) is 1. The second-order valence-corrected chi connectivity index (χ2v) is 18.5. The van der Waals surface area contributed by atoms with E-state index in [1.165, 1.54) is 0 Å². The first-order valence-corrected chi connectivity index (χ1v) is 20.3. The minimum absolute atomic E-state index is 0.0707. The van der Waals surface area contributed by atoms with Crippen molar-refractivity contribution in [2.75, 3.05) is 6.54 Å². The van der Waals surface area contributed by atoms with Crippen molar-refractivity contribution in [1.29, 1.82) is 0 Å². The Labute approximate surface area is 297 Å². The Morgan fingerprint density at radius 2 is 1.92 bits per heavy atom.